The molecule has 7 nitrogen and oxygen atoms in total. The van der Waals surface area contributed by atoms with E-state index in [9.17, 15) is 23.9 Å². The molecule has 4 aromatic rings. The minimum atomic E-state index is -1.28. The van der Waals surface area contributed by atoms with Gasteiger partial charge in [-0.05, 0) is 36.8 Å². The van der Waals surface area contributed by atoms with E-state index in [4.69, 9.17) is 16.3 Å². The normalized spacial score (nSPS) is 12.1. The van der Waals surface area contributed by atoms with Crippen molar-refractivity contribution in [3.05, 3.63) is 90.0 Å². The van der Waals surface area contributed by atoms with Crippen molar-refractivity contribution in [1.82, 2.24) is 9.55 Å². The summed E-state index contributed by atoms with van der Waals surface area (Å²) in [7, 11) is 0. The summed E-state index contributed by atoms with van der Waals surface area (Å²) in [5, 5.41) is 10.7. The van der Waals surface area contributed by atoms with Crippen molar-refractivity contribution in [3.8, 4) is 11.4 Å². The lowest BCUT2D eigenvalue weighted by Crippen LogP contribution is -2.34. The predicted molar refractivity (Wildman–Crippen MR) is 115 cm³/mol. The van der Waals surface area contributed by atoms with Gasteiger partial charge in [-0.3, -0.25) is 4.79 Å². The van der Waals surface area contributed by atoms with Crippen molar-refractivity contribution in [1.29, 1.82) is 0 Å². The van der Waals surface area contributed by atoms with Crippen LogP contribution in [0.3, 0.4) is 0 Å². The minimum absolute atomic E-state index is 0.0290. The Kier molecular flexibility index (Phi) is 5.38. The van der Waals surface area contributed by atoms with E-state index in [2.05, 4.69) is 4.98 Å². The minimum Gasteiger partial charge on any atom is -0.486 e. The van der Waals surface area contributed by atoms with E-state index in [1.165, 1.54) is 29.6 Å². The molecule has 0 aliphatic carbocycles. The molecular weight excluding hydrogens is 447 g/mol. The number of aromatic amines is 1. The molecule has 0 fully saturated rings. The molecule has 2 N–H and O–H groups in total. The van der Waals surface area contributed by atoms with Gasteiger partial charge in [-0.25, -0.2) is 18.5 Å². The lowest BCUT2D eigenvalue weighted by Gasteiger charge is -2.17. The second-order valence-electron chi connectivity index (χ2n) is 6.66. The van der Waals surface area contributed by atoms with Gasteiger partial charge in [0.25, 0.3) is 5.56 Å². The topological polar surface area (TPSA) is 101 Å². The number of benzene rings is 2. The number of halogens is 2. The summed E-state index contributed by atoms with van der Waals surface area (Å²) < 4.78 is 20.1. The molecule has 0 saturated carbocycles. The van der Waals surface area contributed by atoms with Gasteiger partial charge in [0.1, 0.15) is 22.5 Å². The first-order valence-electron chi connectivity index (χ1n) is 8.98. The average Bonchev–Trinajstić information content (AvgIpc) is 3.14. The van der Waals surface area contributed by atoms with Crippen LogP contribution in [-0.2, 0) is 0 Å². The van der Waals surface area contributed by atoms with E-state index in [1.54, 1.807) is 25.1 Å². The van der Waals surface area contributed by atoms with Crippen molar-refractivity contribution in [3.63, 3.8) is 0 Å². The zero-order valence-electron chi connectivity index (χ0n) is 15.9. The Balaban J connectivity index is 1.81. The van der Waals surface area contributed by atoms with Crippen molar-refractivity contribution in [2.24, 2.45) is 0 Å². The van der Waals surface area contributed by atoms with E-state index >= 15 is 0 Å². The summed E-state index contributed by atoms with van der Waals surface area (Å²) in [5.41, 5.74) is -0.824. The van der Waals surface area contributed by atoms with Crippen LogP contribution in [0.15, 0.2) is 57.4 Å². The SMILES string of the molecule is CC(Oc1ccc(Cl)c(-n2c(=O)[nH]c3csc(C(=O)O)c3c2=O)c1)c1cccc(F)c1. The molecular formula is C21H14ClFN2O5S. The molecule has 10 heteroatoms. The van der Waals surface area contributed by atoms with Gasteiger partial charge in [0.05, 0.1) is 21.6 Å². The van der Waals surface area contributed by atoms with Gasteiger partial charge in [0.15, 0.2) is 0 Å². The van der Waals surface area contributed by atoms with Crippen molar-refractivity contribution < 1.29 is 19.0 Å². The van der Waals surface area contributed by atoms with Gasteiger partial charge in [0, 0.05) is 11.4 Å². The first-order chi connectivity index (χ1) is 14.8. The fourth-order valence-corrected chi connectivity index (χ4v) is 4.21. The Morgan fingerprint density at radius 2 is 2.03 bits per heavy atom. The second kappa shape index (κ2) is 8.01. The zero-order valence-corrected chi connectivity index (χ0v) is 17.5. The van der Waals surface area contributed by atoms with Gasteiger partial charge in [-0.15, -0.1) is 11.3 Å². The van der Waals surface area contributed by atoms with Crippen LogP contribution >= 0.6 is 22.9 Å². The molecule has 0 radical (unpaired) electrons. The van der Waals surface area contributed by atoms with Crippen LogP contribution in [0.4, 0.5) is 4.39 Å². The van der Waals surface area contributed by atoms with Crippen molar-refractivity contribution in [2.75, 3.05) is 0 Å². The predicted octanol–water partition coefficient (Wildman–Crippen LogP) is 4.37. The fourth-order valence-electron chi connectivity index (χ4n) is 3.18. The number of carbonyl (C=O) groups is 1. The summed E-state index contributed by atoms with van der Waals surface area (Å²) in [6.07, 6.45) is -0.530. The number of nitrogens with zero attached hydrogens (tertiary/aromatic N) is 1. The number of carboxylic acid groups (broad SMARTS) is 1. The maximum atomic E-state index is 13.5. The highest BCUT2D eigenvalue weighted by atomic mass is 35.5. The molecule has 0 aliphatic heterocycles. The molecule has 2 aromatic carbocycles. The number of ether oxygens (including phenoxy) is 1. The van der Waals surface area contributed by atoms with Gasteiger partial charge >= 0.3 is 11.7 Å². The zero-order chi connectivity index (χ0) is 22.3. The molecule has 0 amide bonds. The molecule has 2 heterocycles. The Hall–Kier alpha value is -3.43. The van der Waals surface area contributed by atoms with Gasteiger partial charge < -0.3 is 14.8 Å². The van der Waals surface area contributed by atoms with Gasteiger partial charge in [-0.2, -0.15) is 0 Å². The van der Waals surface area contributed by atoms with Crippen molar-refractivity contribution >= 4 is 39.8 Å². The van der Waals surface area contributed by atoms with Crippen LogP contribution in [0.2, 0.25) is 5.02 Å². The smallest absolute Gasteiger partial charge is 0.346 e. The van der Waals surface area contributed by atoms with Crippen LogP contribution in [0, 0.1) is 5.82 Å². The number of H-pyrrole nitrogens is 1. The summed E-state index contributed by atoms with van der Waals surface area (Å²) >= 11 is 7.09. The molecule has 2 aromatic heterocycles. The molecule has 0 bridgehead atoms. The summed E-state index contributed by atoms with van der Waals surface area (Å²) in [5.74, 6) is -1.39. The highest BCUT2D eigenvalue weighted by molar-refractivity contribution is 7.13. The summed E-state index contributed by atoms with van der Waals surface area (Å²) in [6, 6.07) is 10.3. The molecule has 4 rings (SSSR count). The largest absolute Gasteiger partial charge is 0.486 e. The third kappa shape index (κ3) is 3.85. The number of aromatic nitrogens is 2. The Bertz CT molecular complexity index is 1440. The van der Waals surface area contributed by atoms with Crippen molar-refractivity contribution in [2.45, 2.75) is 13.0 Å². The lowest BCUT2D eigenvalue weighted by atomic mass is 10.1. The first-order valence-corrected chi connectivity index (χ1v) is 10.2. The van der Waals surface area contributed by atoms with Crippen LogP contribution < -0.4 is 16.0 Å². The maximum Gasteiger partial charge on any atom is 0.346 e. The summed E-state index contributed by atoms with van der Waals surface area (Å²) in [6.45, 7) is 1.72. The number of aromatic carboxylic acids is 1. The van der Waals surface area contributed by atoms with E-state index in [1.807, 2.05) is 0 Å². The number of carboxylic acids is 1. The highest BCUT2D eigenvalue weighted by Gasteiger charge is 2.20. The molecule has 0 saturated heterocycles. The number of thiophene rings is 1. The number of rotatable bonds is 5. The Morgan fingerprint density at radius 3 is 2.74 bits per heavy atom. The molecule has 0 aliphatic rings. The fraction of sp³-hybridized carbons (Fsp3) is 0.0952. The number of nitrogens with one attached hydrogen (secondary N) is 1. The summed E-state index contributed by atoms with van der Waals surface area (Å²) in [4.78, 5) is 39.4. The highest BCUT2D eigenvalue weighted by Crippen LogP contribution is 2.28. The molecule has 158 valence electrons. The quantitative estimate of drug-likeness (QED) is 0.460. The molecule has 1 unspecified atom stereocenters. The lowest BCUT2D eigenvalue weighted by molar-refractivity contribution is 0.0704. The monoisotopic (exact) mass is 460 g/mol. The van der Waals surface area contributed by atoms with Crippen LogP contribution in [0.25, 0.3) is 16.6 Å². The van der Waals surface area contributed by atoms with Gasteiger partial charge in [0.2, 0.25) is 0 Å². The van der Waals surface area contributed by atoms with Crippen LogP contribution in [0.1, 0.15) is 28.3 Å². The second-order valence-corrected chi connectivity index (χ2v) is 7.94. The standard InChI is InChI=1S/C21H14ClFN2O5S/c1-10(11-3-2-4-12(23)7-11)30-13-5-6-14(22)16(8-13)25-19(26)17-15(24-21(25)29)9-31-18(17)20(27)28/h2-10H,1H3,(H,24,29)(H,27,28). The van der Waals surface area contributed by atoms with Crippen LogP contribution in [0.5, 0.6) is 5.75 Å². The molecule has 0 spiro atoms. The Labute approximate surface area is 182 Å². The Morgan fingerprint density at radius 1 is 1.26 bits per heavy atom. The third-order valence-corrected chi connectivity index (χ3v) is 5.92. The third-order valence-electron chi connectivity index (χ3n) is 4.64. The van der Waals surface area contributed by atoms with E-state index in [0.717, 1.165) is 15.9 Å². The number of hydrogen-bond donors (Lipinski definition) is 2. The maximum absolute atomic E-state index is 13.5. The van der Waals surface area contributed by atoms with Crippen LogP contribution in [-0.4, -0.2) is 20.6 Å². The average molecular weight is 461 g/mol. The van der Waals surface area contributed by atoms with E-state index < -0.39 is 29.1 Å². The van der Waals surface area contributed by atoms with E-state index in [-0.39, 0.29) is 32.2 Å². The number of fused-ring (bicyclic) bond motifs is 1. The molecule has 31 heavy (non-hydrogen) atoms. The number of hydrogen-bond acceptors (Lipinski definition) is 5. The molecule has 1 atom stereocenters. The first kappa shape index (κ1) is 20.8. The van der Waals surface area contributed by atoms with Gasteiger partial charge in [-0.1, -0.05) is 23.7 Å². The van der Waals surface area contributed by atoms with E-state index in [0.29, 0.717) is 5.56 Å².